The Labute approximate surface area is 78.7 Å². The monoisotopic (exact) mass is 186 g/mol. The highest BCUT2D eigenvalue weighted by Crippen LogP contribution is 2.24. The molecule has 0 heterocycles. The van der Waals surface area contributed by atoms with E-state index < -0.39 is 0 Å². The third kappa shape index (κ3) is 3.74. The van der Waals surface area contributed by atoms with Crippen molar-refractivity contribution in [2.24, 2.45) is 5.92 Å². The van der Waals surface area contributed by atoms with Crippen LogP contribution in [-0.4, -0.2) is 37.3 Å². The van der Waals surface area contributed by atoms with Gasteiger partial charge in [-0.15, -0.1) is 0 Å². The molecular formula is C9H18N2O2. The first kappa shape index (κ1) is 10.5. The summed E-state index contributed by atoms with van der Waals surface area (Å²) in [5.74, 6) is 0.500. The van der Waals surface area contributed by atoms with Gasteiger partial charge in [-0.2, -0.15) is 0 Å². The van der Waals surface area contributed by atoms with Gasteiger partial charge in [-0.25, -0.2) is 0 Å². The molecule has 1 saturated carbocycles. The molecule has 0 aliphatic heterocycles. The summed E-state index contributed by atoms with van der Waals surface area (Å²) in [6.45, 7) is 1.08. The van der Waals surface area contributed by atoms with Crippen LogP contribution in [-0.2, 0) is 4.79 Å². The number of likely N-dealkylation sites (N-methyl/N-ethyl adjacent to an activating group) is 1. The van der Waals surface area contributed by atoms with E-state index in [9.17, 15) is 9.90 Å². The zero-order chi connectivity index (χ0) is 9.68. The minimum absolute atomic E-state index is 0.0314. The molecule has 1 fully saturated rings. The normalized spacial score (nSPS) is 27.5. The van der Waals surface area contributed by atoms with Gasteiger partial charge in [0.25, 0.3) is 0 Å². The molecule has 0 aromatic carbocycles. The van der Waals surface area contributed by atoms with Gasteiger partial charge in [0.05, 0.1) is 12.6 Å². The van der Waals surface area contributed by atoms with E-state index in [0.29, 0.717) is 19.0 Å². The molecule has 1 amide bonds. The smallest absolute Gasteiger partial charge is 0.233 e. The SMILES string of the molecule is CNCC(=O)NCC1CCC(O)C1. The van der Waals surface area contributed by atoms with Crippen LogP contribution in [0.5, 0.6) is 0 Å². The summed E-state index contributed by atoms with van der Waals surface area (Å²) in [6.07, 6.45) is 2.60. The predicted molar refractivity (Wildman–Crippen MR) is 50.3 cm³/mol. The Morgan fingerprint density at radius 2 is 2.31 bits per heavy atom. The number of aliphatic hydroxyl groups excluding tert-OH is 1. The van der Waals surface area contributed by atoms with Gasteiger partial charge in [-0.1, -0.05) is 0 Å². The number of hydrogen-bond donors (Lipinski definition) is 3. The van der Waals surface area contributed by atoms with Crippen LogP contribution in [0.25, 0.3) is 0 Å². The maximum atomic E-state index is 11.0. The van der Waals surface area contributed by atoms with Crippen LogP contribution in [0.15, 0.2) is 0 Å². The highest BCUT2D eigenvalue weighted by molar-refractivity contribution is 5.77. The van der Waals surface area contributed by atoms with E-state index in [1.165, 1.54) is 0 Å². The number of aliphatic hydroxyl groups is 1. The Hall–Kier alpha value is -0.610. The van der Waals surface area contributed by atoms with Gasteiger partial charge in [-0.3, -0.25) is 4.79 Å². The van der Waals surface area contributed by atoms with Crippen LogP contribution in [0.4, 0.5) is 0 Å². The Morgan fingerprint density at radius 1 is 1.54 bits per heavy atom. The lowest BCUT2D eigenvalue weighted by molar-refractivity contribution is -0.120. The molecule has 0 saturated heterocycles. The molecule has 3 N–H and O–H groups in total. The van der Waals surface area contributed by atoms with Gasteiger partial charge in [-0.05, 0) is 32.2 Å². The molecule has 2 unspecified atom stereocenters. The number of hydrogen-bond acceptors (Lipinski definition) is 3. The number of nitrogens with one attached hydrogen (secondary N) is 2. The minimum atomic E-state index is -0.147. The number of amides is 1. The molecule has 1 aliphatic rings. The third-order valence-electron chi connectivity index (χ3n) is 2.44. The first-order valence-corrected chi connectivity index (χ1v) is 4.81. The van der Waals surface area contributed by atoms with Crippen molar-refractivity contribution in [1.29, 1.82) is 0 Å². The fraction of sp³-hybridized carbons (Fsp3) is 0.889. The topological polar surface area (TPSA) is 61.4 Å². The molecule has 0 aromatic rings. The zero-order valence-electron chi connectivity index (χ0n) is 8.05. The van der Waals surface area contributed by atoms with Gasteiger partial charge in [0.2, 0.25) is 5.91 Å². The summed E-state index contributed by atoms with van der Waals surface area (Å²) in [7, 11) is 1.75. The Morgan fingerprint density at radius 3 is 2.85 bits per heavy atom. The summed E-state index contributed by atoms with van der Waals surface area (Å²) in [4.78, 5) is 11.0. The fourth-order valence-electron chi connectivity index (χ4n) is 1.72. The summed E-state index contributed by atoms with van der Waals surface area (Å²) in [5, 5.41) is 14.9. The van der Waals surface area contributed by atoms with E-state index in [1.807, 2.05) is 0 Å². The first-order chi connectivity index (χ1) is 6.22. The molecule has 13 heavy (non-hydrogen) atoms. The van der Waals surface area contributed by atoms with Crippen molar-refractivity contribution in [2.45, 2.75) is 25.4 Å². The second kappa shape index (κ2) is 5.19. The van der Waals surface area contributed by atoms with E-state index in [1.54, 1.807) is 7.05 Å². The Balaban J connectivity index is 2.09. The molecule has 1 aliphatic carbocycles. The van der Waals surface area contributed by atoms with Crippen molar-refractivity contribution in [3.8, 4) is 0 Å². The van der Waals surface area contributed by atoms with Gasteiger partial charge in [0, 0.05) is 6.54 Å². The molecule has 4 heteroatoms. The van der Waals surface area contributed by atoms with E-state index in [4.69, 9.17) is 0 Å². The lowest BCUT2D eigenvalue weighted by Gasteiger charge is -2.10. The van der Waals surface area contributed by atoms with Crippen LogP contribution in [0.1, 0.15) is 19.3 Å². The number of carbonyl (C=O) groups excluding carboxylic acids is 1. The standard InChI is InChI=1S/C9H18N2O2/c1-10-6-9(13)11-5-7-2-3-8(12)4-7/h7-8,10,12H,2-6H2,1H3,(H,11,13). The maximum Gasteiger partial charge on any atom is 0.233 e. The van der Waals surface area contributed by atoms with Crippen molar-refractivity contribution in [3.05, 3.63) is 0 Å². The molecular weight excluding hydrogens is 168 g/mol. The first-order valence-electron chi connectivity index (χ1n) is 4.81. The molecule has 0 aromatic heterocycles. The summed E-state index contributed by atoms with van der Waals surface area (Å²) >= 11 is 0. The Bertz CT molecular complexity index is 173. The van der Waals surface area contributed by atoms with Crippen LogP contribution < -0.4 is 10.6 Å². The largest absolute Gasteiger partial charge is 0.393 e. The number of rotatable bonds is 4. The lowest BCUT2D eigenvalue weighted by Crippen LogP contribution is -2.35. The fourth-order valence-corrected chi connectivity index (χ4v) is 1.72. The van der Waals surface area contributed by atoms with Crippen molar-refractivity contribution < 1.29 is 9.90 Å². The van der Waals surface area contributed by atoms with Crippen molar-refractivity contribution in [2.75, 3.05) is 20.1 Å². The minimum Gasteiger partial charge on any atom is -0.393 e. The highest BCUT2D eigenvalue weighted by atomic mass is 16.3. The average molecular weight is 186 g/mol. The Kier molecular flexibility index (Phi) is 4.18. The molecule has 2 atom stereocenters. The van der Waals surface area contributed by atoms with Crippen LogP contribution in [0, 0.1) is 5.92 Å². The quantitative estimate of drug-likeness (QED) is 0.554. The van der Waals surface area contributed by atoms with Crippen LogP contribution >= 0.6 is 0 Å². The third-order valence-corrected chi connectivity index (χ3v) is 2.44. The molecule has 76 valence electrons. The second-order valence-electron chi connectivity index (χ2n) is 3.67. The molecule has 0 radical (unpaired) electrons. The van der Waals surface area contributed by atoms with Gasteiger partial charge in [0.15, 0.2) is 0 Å². The van der Waals surface area contributed by atoms with Gasteiger partial charge in [0.1, 0.15) is 0 Å². The van der Waals surface area contributed by atoms with Gasteiger partial charge >= 0.3 is 0 Å². The summed E-state index contributed by atoms with van der Waals surface area (Å²) in [6, 6.07) is 0. The van der Waals surface area contributed by atoms with E-state index in [0.717, 1.165) is 19.3 Å². The van der Waals surface area contributed by atoms with Crippen molar-refractivity contribution in [1.82, 2.24) is 10.6 Å². The van der Waals surface area contributed by atoms with Gasteiger partial charge < -0.3 is 15.7 Å². The van der Waals surface area contributed by atoms with Crippen LogP contribution in [0.3, 0.4) is 0 Å². The predicted octanol–water partition coefficient (Wildman–Crippen LogP) is -0.517. The summed E-state index contributed by atoms with van der Waals surface area (Å²) < 4.78 is 0. The molecule has 1 rings (SSSR count). The van der Waals surface area contributed by atoms with Crippen molar-refractivity contribution in [3.63, 3.8) is 0 Å². The van der Waals surface area contributed by atoms with Crippen molar-refractivity contribution >= 4 is 5.91 Å². The number of carbonyl (C=O) groups is 1. The average Bonchev–Trinajstić information content (AvgIpc) is 2.49. The van der Waals surface area contributed by atoms with E-state index in [-0.39, 0.29) is 12.0 Å². The molecule has 0 bridgehead atoms. The second-order valence-corrected chi connectivity index (χ2v) is 3.67. The van der Waals surface area contributed by atoms with E-state index >= 15 is 0 Å². The van der Waals surface area contributed by atoms with Crippen LogP contribution in [0.2, 0.25) is 0 Å². The summed E-state index contributed by atoms with van der Waals surface area (Å²) in [5.41, 5.74) is 0. The van der Waals surface area contributed by atoms with E-state index in [2.05, 4.69) is 10.6 Å². The maximum absolute atomic E-state index is 11.0. The molecule has 0 spiro atoms. The molecule has 4 nitrogen and oxygen atoms in total. The zero-order valence-corrected chi connectivity index (χ0v) is 8.05. The lowest BCUT2D eigenvalue weighted by atomic mass is 10.1. The highest BCUT2D eigenvalue weighted by Gasteiger charge is 2.22.